The molecule has 0 radical (unpaired) electrons. The third-order valence-electron chi connectivity index (χ3n) is 3.87. The van der Waals surface area contributed by atoms with Crippen LogP contribution in [0.5, 0.6) is 0 Å². The second kappa shape index (κ2) is 10.0. The fraction of sp³-hybridized carbons (Fsp3) is 0.588. The van der Waals surface area contributed by atoms with Crippen LogP contribution in [0.4, 0.5) is 0 Å². The van der Waals surface area contributed by atoms with Crippen molar-refractivity contribution in [3.8, 4) is 0 Å². The van der Waals surface area contributed by atoms with Crippen LogP contribution in [0, 0.1) is 0 Å². The van der Waals surface area contributed by atoms with E-state index < -0.39 is 0 Å². The fourth-order valence-corrected chi connectivity index (χ4v) is 2.85. The monoisotopic (exact) mass is 416 g/mol. The van der Waals surface area contributed by atoms with E-state index in [1.807, 2.05) is 7.05 Å². The molecule has 1 aliphatic carbocycles. The summed E-state index contributed by atoms with van der Waals surface area (Å²) in [4.78, 5) is 6.51. The number of guanidine groups is 1. The molecule has 4 nitrogen and oxygen atoms in total. The van der Waals surface area contributed by atoms with E-state index in [9.17, 15) is 0 Å². The van der Waals surface area contributed by atoms with Gasteiger partial charge >= 0.3 is 0 Å². The summed E-state index contributed by atoms with van der Waals surface area (Å²) in [6.07, 6.45) is 5.19. The zero-order chi connectivity index (χ0) is 15.1. The molecule has 0 bridgehead atoms. The molecule has 5 heteroatoms. The van der Waals surface area contributed by atoms with Gasteiger partial charge in [0.05, 0.1) is 0 Å². The van der Waals surface area contributed by atoms with E-state index in [1.54, 1.807) is 0 Å². The minimum atomic E-state index is 0. The molecular weight excluding hydrogens is 387 g/mol. The quantitative estimate of drug-likeness (QED) is 0.441. The van der Waals surface area contributed by atoms with Crippen LogP contribution in [0.3, 0.4) is 0 Å². The number of hydrogen-bond acceptors (Lipinski definition) is 2. The molecule has 0 heterocycles. The molecule has 0 aliphatic heterocycles. The lowest BCUT2D eigenvalue weighted by Gasteiger charge is -2.17. The van der Waals surface area contributed by atoms with E-state index in [1.165, 1.54) is 36.8 Å². The average molecular weight is 416 g/mol. The highest BCUT2D eigenvalue weighted by Gasteiger charge is 2.15. The van der Waals surface area contributed by atoms with Crippen molar-refractivity contribution in [1.82, 2.24) is 15.5 Å². The van der Waals surface area contributed by atoms with Gasteiger partial charge in [0.2, 0.25) is 0 Å². The lowest BCUT2D eigenvalue weighted by Crippen LogP contribution is -2.41. The Balaban J connectivity index is 0.00000242. The normalized spacial score (nSPS) is 15.7. The summed E-state index contributed by atoms with van der Waals surface area (Å²) in [7, 11) is 6.03. The molecule has 0 unspecified atom stereocenters. The van der Waals surface area contributed by atoms with Gasteiger partial charge in [-0.15, -0.1) is 24.0 Å². The van der Waals surface area contributed by atoms with Crippen molar-refractivity contribution in [3.05, 3.63) is 35.4 Å². The predicted molar refractivity (Wildman–Crippen MR) is 105 cm³/mol. The Labute approximate surface area is 151 Å². The summed E-state index contributed by atoms with van der Waals surface area (Å²) in [5.74, 6) is 0.917. The van der Waals surface area contributed by atoms with Crippen molar-refractivity contribution >= 4 is 29.9 Å². The van der Waals surface area contributed by atoms with Crippen molar-refractivity contribution in [1.29, 1.82) is 0 Å². The largest absolute Gasteiger partial charge is 0.354 e. The number of nitrogens with zero attached hydrogens (tertiary/aromatic N) is 2. The second-order valence-electron chi connectivity index (χ2n) is 6.11. The van der Waals surface area contributed by atoms with E-state index in [4.69, 9.17) is 0 Å². The highest BCUT2D eigenvalue weighted by molar-refractivity contribution is 14.0. The number of nitrogens with one attached hydrogen (secondary N) is 2. The van der Waals surface area contributed by atoms with Crippen molar-refractivity contribution in [2.75, 3.05) is 21.1 Å². The van der Waals surface area contributed by atoms with Gasteiger partial charge in [-0.25, -0.2) is 0 Å². The Bertz CT molecular complexity index is 467. The maximum Gasteiger partial charge on any atom is 0.191 e. The summed E-state index contributed by atoms with van der Waals surface area (Å²) in [5, 5.41) is 6.93. The number of hydrogen-bond donors (Lipinski definition) is 2. The molecule has 2 rings (SSSR count). The van der Waals surface area contributed by atoms with Crippen molar-refractivity contribution in [3.63, 3.8) is 0 Å². The summed E-state index contributed by atoms with van der Waals surface area (Å²) in [6, 6.07) is 9.32. The Morgan fingerprint density at radius 1 is 1.23 bits per heavy atom. The smallest absolute Gasteiger partial charge is 0.191 e. The Hall–Kier alpha value is -0.820. The van der Waals surface area contributed by atoms with E-state index >= 15 is 0 Å². The van der Waals surface area contributed by atoms with Crippen LogP contribution in [-0.4, -0.2) is 38.0 Å². The Morgan fingerprint density at radius 2 is 1.91 bits per heavy atom. The molecule has 22 heavy (non-hydrogen) atoms. The zero-order valence-electron chi connectivity index (χ0n) is 13.9. The zero-order valence-corrected chi connectivity index (χ0v) is 16.3. The number of halogens is 1. The predicted octanol–water partition coefficient (Wildman–Crippen LogP) is 2.97. The lowest BCUT2D eigenvalue weighted by atomic mass is 10.1. The molecule has 0 amide bonds. The first-order valence-electron chi connectivity index (χ1n) is 7.87. The SMILES string of the molecule is CN=C(NCc1cccc(CN(C)C)c1)NC1CCCC1.I. The van der Waals surface area contributed by atoms with Gasteiger partial charge < -0.3 is 15.5 Å². The van der Waals surface area contributed by atoms with Gasteiger partial charge in [0, 0.05) is 26.2 Å². The molecule has 1 saturated carbocycles. The van der Waals surface area contributed by atoms with Gasteiger partial charge in [-0.05, 0) is 38.1 Å². The van der Waals surface area contributed by atoms with Gasteiger partial charge in [0.15, 0.2) is 5.96 Å². The molecule has 1 aliphatic rings. The minimum absolute atomic E-state index is 0. The first-order chi connectivity index (χ1) is 10.2. The molecule has 0 atom stereocenters. The van der Waals surface area contributed by atoms with Crippen LogP contribution in [0.2, 0.25) is 0 Å². The highest BCUT2D eigenvalue weighted by Crippen LogP contribution is 2.17. The van der Waals surface area contributed by atoms with E-state index in [2.05, 4.69) is 58.9 Å². The van der Waals surface area contributed by atoms with Gasteiger partial charge in [0.25, 0.3) is 0 Å². The van der Waals surface area contributed by atoms with Gasteiger partial charge in [-0.3, -0.25) is 4.99 Å². The van der Waals surface area contributed by atoms with Crippen LogP contribution >= 0.6 is 24.0 Å². The molecule has 1 aromatic carbocycles. The third-order valence-corrected chi connectivity index (χ3v) is 3.87. The first-order valence-corrected chi connectivity index (χ1v) is 7.87. The van der Waals surface area contributed by atoms with Crippen molar-refractivity contribution in [2.45, 2.75) is 44.8 Å². The summed E-state index contributed by atoms with van der Waals surface area (Å²) >= 11 is 0. The molecular formula is C17H29IN4. The van der Waals surface area contributed by atoms with Crippen LogP contribution in [0.15, 0.2) is 29.3 Å². The van der Waals surface area contributed by atoms with E-state index in [0.29, 0.717) is 6.04 Å². The van der Waals surface area contributed by atoms with Gasteiger partial charge in [-0.2, -0.15) is 0 Å². The van der Waals surface area contributed by atoms with Crippen LogP contribution in [-0.2, 0) is 13.1 Å². The van der Waals surface area contributed by atoms with Crippen LogP contribution in [0.1, 0.15) is 36.8 Å². The molecule has 0 spiro atoms. The first kappa shape index (κ1) is 19.2. The average Bonchev–Trinajstić information content (AvgIpc) is 2.96. The number of benzene rings is 1. The molecule has 1 fully saturated rings. The highest BCUT2D eigenvalue weighted by atomic mass is 127. The van der Waals surface area contributed by atoms with Crippen LogP contribution < -0.4 is 10.6 Å². The molecule has 1 aromatic rings. The summed E-state index contributed by atoms with van der Waals surface area (Å²) in [6.45, 7) is 1.79. The fourth-order valence-electron chi connectivity index (χ4n) is 2.85. The minimum Gasteiger partial charge on any atom is -0.354 e. The maximum absolute atomic E-state index is 4.32. The number of aliphatic imine (C=N–C) groups is 1. The molecule has 0 saturated heterocycles. The lowest BCUT2D eigenvalue weighted by molar-refractivity contribution is 0.402. The van der Waals surface area contributed by atoms with E-state index in [-0.39, 0.29) is 24.0 Å². The summed E-state index contributed by atoms with van der Waals surface area (Å²) < 4.78 is 0. The standard InChI is InChI=1S/C17H28N4.HI/c1-18-17(20-16-9-4-5-10-16)19-12-14-7-6-8-15(11-14)13-21(2)3;/h6-8,11,16H,4-5,9-10,12-13H2,1-3H3,(H2,18,19,20);1H. The maximum atomic E-state index is 4.32. The topological polar surface area (TPSA) is 39.7 Å². The molecule has 124 valence electrons. The third kappa shape index (κ3) is 6.52. The van der Waals surface area contributed by atoms with Crippen LogP contribution in [0.25, 0.3) is 0 Å². The van der Waals surface area contributed by atoms with Gasteiger partial charge in [-0.1, -0.05) is 37.1 Å². The summed E-state index contributed by atoms with van der Waals surface area (Å²) in [5.41, 5.74) is 2.64. The van der Waals surface area contributed by atoms with Crippen molar-refractivity contribution in [2.24, 2.45) is 4.99 Å². The van der Waals surface area contributed by atoms with E-state index in [0.717, 1.165) is 19.0 Å². The van der Waals surface area contributed by atoms with Gasteiger partial charge in [0.1, 0.15) is 0 Å². The number of rotatable bonds is 5. The van der Waals surface area contributed by atoms with Crippen molar-refractivity contribution < 1.29 is 0 Å². The Kier molecular flexibility index (Phi) is 8.78. The Morgan fingerprint density at radius 3 is 2.55 bits per heavy atom. The molecule has 2 N–H and O–H groups in total. The second-order valence-corrected chi connectivity index (χ2v) is 6.11. The molecule has 0 aromatic heterocycles.